The zero-order valence-corrected chi connectivity index (χ0v) is 18.1. The lowest BCUT2D eigenvalue weighted by Gasteiger charge is -2.11. The number of hydrogen-bond donors (Lipinski definition) is 1. The molecule has 0 fully saturated rings. The highest BCUT2D eigenvalue weighted by Gasteiger charge is 2.16. The minimum absolute atomic E-state index is 0. The first kappa shape index (κ1) is 21.9. The Morgan fingerprint density at radius 3 is 2.46 bits per heavy atom. The summed E-state index contributed by atoms with van der Waals surface area (Å²) < 4.78 is 37.5. The van der Waals surface area contributed by atoms with Gasteiger partial charge in [0.25, 0.3) is 6.33 Å². The van der Waals surface area contributed by atoms with Gasteiger partial charge < -0.3 is 38.6 Å². The highest BCUT2D eigenvalue weighted by atomic mass is 127. The number of hydrogen-bond acceptors (Lipinski definition) is 6. The zero-order valence-electron chi connectivity index (χ0n) is 15.2. The van der Waals surface area contributed by atoms with E-state index in [-0.39, 0.29) is 34.6 Å². The monoisotopic (exact) mass is 513 g/mol. The van der Waals surface area contributed by atoms with Crippen molar-refractivity contribution in [3.05, 3.63) is 72.7 Å². The Labute approximate surface area is 181 Å². The predicted molar refractivity (Wildman–Crippen MR) is 99.8 cm³/mol. The summed E-state index contributed by atoms with van der Waals surface area (Å²) in [6, 6.07) is 14.7. The normalized spacial score (nSPS) is 10.8. The Kier molecular flexibility index (Phi) is 7.58. The number of nitrogens with zero attached hydrogens (tertiary/aromatic N) is 2. The summed E-state index contributed by atoms with van der Waals surface area (Å²) in [6.45, 7) is 2.79. The zero-order chi connectivity index (χ0) is 19.3. The number of halogens is 1. The van der Waals surface area contributed by atoms with Crippen molar-refractivity contribution in [3.8, 4) is 11.5 Å². The molecule has 0 saturated heterocycles. The standard InChI is InChI=1S/C19H19N3O4S.HI/c1-15-11-16(25-10-9-22-8-7-19(20)21-14-22)13-17(12-15)26-27(23,24)18-5-3-2-4-6-18;/h2-8,11-14,20H,9-10H2,1H3;1H. The molecule has 2 N–H and O–H groups in total. The van der Waals surface area contributed by atoms with Gasteiger partial charge in [0, 0.05) is 12.1 Å². The van der Waals surface area contributed by atoms with Crippen LogP contribution in [0.3, 0.4) is 0 Å². The lowest BCUT2D eigenvalue weighted by Crippen LogP contribution is -3.00. The second-order valence-corrected chi connectivity index (χ2v) is 7.45. The second kappa shape index (κ2) is 9.69. The van der Waals surface area contributed by atoms with E-state index in [4.69, 9.17) is 14.7 Å². The van der Waals surface area contributed by atoms with Crippen LogP contribution in [-0.4, -0.2) is 20.0 Å². The van der Waals surface area contributed by atoms with Crippen LogP contribution in [-0.2, 0) is 16.7 Å². The van der Waals surface area contributed by atoms with Gasteiger partial charge in [-0.25, -0.2) is 4.57 Å². The van der Waals surface area contributed by atoms with Crippen LogP contribution in [0.15, 0.2) is 72.0 Å². The summed E-state index contributed by atoms with van der Waals surface area (Å²) in [4.78, 5) is 4.10. The van der Waals surface area contributed by atoms with Gasteiger partial charge in [-0.1, -0.05) is 18.2 Å². The van der Waals surface area contributed by atoms with Gasteiger partial charge in [0.2, 0.25) is 5.82 Å². The Morgan fingerprint density at radius 2 is 1.79 bits per heavy atom. The number of aromatic nitrogens is 2. The van der Waals surface area contributed by atoms with Crippen molar-refractivity contribution in [1.82, 2.24) is 4.98 Å². The number of nitrogen functional groups attached to an aromatic ring is 1. The molecule has 0 radical (unpaired) electrons. The summed E-state index contributed by atoms with van der Waals surface area (Å²) >= 11 is 0. The molecule has 2 aromatic carbocycles. The van der Waals surface area contributed by atoms with Crippen molar-refractivity contribution < 1.29 is 45.9 Å². The molecule has 0 spiro atoms. The van der Waals surface area contributed by atoms with Crippen molar-refractivity contribution >= 4 is 15.9 Å². The molecule has 1 aromatic heterocycles. The minimum atomic E-state index is -3.89. The minimum Gasteiger partial charge on any atom is -1.00 e. The van der Waals surface area contributed by atoms with E-state index in [2.05, 4.69) is 4.98 Å². The molecule has 3 aromatic rings. The molecule has 148 valence electrons. The predicted octanol–water partition coefficient (Wildman–Crippen LogP) is -0.890. The van der Waals surface area contributed by atoms with Crippen molar-refractivity contribution in [1.29, 1.82) is 0 Å². The number of ether oxygens (including phenoxy) is 1. The summed E-state index contributed by atoms with van der Waals surface area (Å²) in [5.41, 5.74) is 6.38. The largest absolute Gasteiger partial charge is 1.00 e. The number of nitrogens with two attached hydrogens (primary N) is 1. The van der Waals surface area contributed by atoms with Gasteiger partial charge in [-0.3, -0.25) is 0 Å². The smallest absolute Gasteiger partial charge is 0.339 e. The third-order valence-corrected chi connectivity index (χ3v) is 4.93. The SMILES string of the molecule is Cc1cc(OCC[n+]2ccc(N)nc2)cc(OS(=O)(=O)c2ccccc2)c1.[I-]. The summed E-state index contributed by atoms with van der Waals surface area (Å²) in [5, 5.41) is 0. The van der Waals surface area contributed by atoms with Gasteiger partial charge in [-0.05, 0) is 41.7 Å². The quantitative estimate of drug-likeness (QED) is 0.250. The van der Waals surface area contributed by atoms with E-state index in [9.17, 15) is 8.42 Å². The fourth-order valence-electron chi connectivity index (χ4n) is 2.40. The Bertz CT molecular complexity index is 1010. The molecule has 0 atom stereocenters. The van der Waals surface area contributed by atoms with E-state index < -0.39 is 10.1 Å². The highest BCUT2D eigenvalue weighted by Crippen LogP contribution is 2.25. The lowest BCUT2D eigenvalue weighted by molar-refractivity contribution is -0.700. The molecule has 0 bridgehead atoms. The molecule has 7 nitrogen and oxygen atoms in total. The molecule has 0 aliphatic carbocycles. The Morgan fingerprint density at radius 1 is 1.07 bits per heavy atom. The molecular formula is C19H20IN3O4S. The van der Waals surface area contributed by atoms with Crippen LogP contribution >= 0.6 is 0 Å². The van der Waals surface area contributed by atoms with Gasteiger partial charge in [-0.2, -0.15) is 8.42 Å². The van der Waals surface area contributed by atoms with Crippen LogP contribution < -0.4 is 43.2 Å². The number of rotatable bonds is 7. The molecule has 1 heterocycles. The lowest BCUT2D eigenvalue weighted by atomic mass is 10.2. The molecule has 0 amide bonds. The van der Waals surface area contributed by atoms with Crippen LogP contribution in [0.5, 0.6) is 11.5 Å². The molecule has 9 heteroatoms. The van der Waals surface area contributed by atoms with Crippen LogP contribution in [0.2, 0.25) is 0 Å². The van der Waals surface area contributed by atoms with Gasteiger partial charge >= 0.3 is 10.1 Å². The molecule has 0 unspecified atom stereocenters. The van der Waals surface area contributed by atoms with E-state index in [1.165, 1.54) is 12.1 Å². The Hall–Kier alpha value is -2.40. The van der Waals surface area contributed by atoms with E-state index in [0.717, 1.165) is 5.56 Å². The van der Waals surface area contributed by atoms with Crippen molar-refractivity contribution in [3.63, 3.8) is 0 Å². The van der Waals surface area contributed by atoms with Gasteiger partial charge in [-0.15, -0.1) is 0 Å². The molecule has 3 rings (SSSR count). The number of anilines is 1. The van der Waals surface area contributed by atoms with Crippen LogP contribution in [0.25, 0.3) is 0 Å². The summed E-state index contributed by atoms with van der Waals surface area (Å²) in [7, 11) is -3.89. The van der Waals surface area contributed by atoms with E-state index in [1.54, 1.807) is 42.7 Å². The third-order valence-electron chi connectivity index (χ3n) is 3.67. The van der Waals surface area contributed by atoms with Crippen LogP contribution in [0, 0.1) is 6.92 Å². The summed E-state index contributed by atoms with van der Waals surface area (Å²) in [5.74, 6) is 1.18. The fraction of sp³-hybridized carbons (Fsp3) is 0.158. The molecule has 0 aliphatic rings. The second-order valence-electron chi connectivity index (χ2n) is 5.90. The number of aryl methyl sites for hydroxylation is 1. The molecule has 0 saturated carbocycles. The maximum Gasteiger partial charge on any atom is 0.339 e. The van der Waals surface area contributed by atoms with E-state index >= 15 is 0 Å². The van der Waals surface area contributed by atoms with Gasteiger partial charge in [0.05, 0.1) is 6.20 Å². The molecule has 28 heavy (non-hydrogen) atoms. The van der Waals surface area contributed by atoms with E-state index in [0.29, 0.717) is 24.7 Å². The van der Waals surface area contributed by atoms with Gasteiger partial charge in [0.15, 0.2) is 0 Å². The fourth-order valence-corrected chi connectivity index (χ4v) is 3.34. The van der Waals surface area contributed by atoms with Gasteiger partial charge in [0.1, 0.15) is 29.5 Å². The van der Waals surface area contributed by atoms with Crippen molar-refractivity contribution in [2.45, 2.75) is 18.4 Å². The maximum atomic E-state index is 12.4. The van der Waals surface area contributed by atoms with Crippen LogP contribution in [0.1, 0.15) is 5.56 Å². The average molecular weight is 513 g/mol. The highest BCUT2D eigenvalue weighted by molar-refractivity contribution is 7.87. The maximum absolute atomic E-state index is 12.4. The number of benzene rings is 2. The van der Waals surface area contributed by atoms with Crippen LogP contribution in [0.4, 0.5) is 5.82 Å². The first-order valence-electron chi connectivity index (χ1n) is 8.27. The first-order chi connectivity index (χ1) is 12.9. The topological polar surface area (TPSA) is 95.4 Å². The first-order valence-corrected chi connectivity index (χ1v) is 9.68. The van der Waals surface area contributed by atoms with E-state index in [1.807, 2.05) is 23.8 Å². The third kappa shape index (κ3) is 6.06. The Balaban J connectivity index is 0.00000280. The molecular weight excluding hydrogens is 493 g/mol. The average Bonchev–Trinajstić information content (AvgIpc) is 2.63. The molecule has 0 aliphatic heterocycles. The van der Waals surface area contributed by atoms with Crippen molar-refractivity contribution in [2.24, 2.45) is 0 Å². The summed E-state index contributed by atoms with van der Waals surface area (Å²) in [6.07, 6.45) is 3.43. The van der Waals surface area contributed by atoms with Crippen molar-refractivity contribution in [2.75, 3.05) is 12.3 Å².